The van der Waals surface area contributed by atoms with Crippen molar-refractivity contribution in [1.29, 1.82) is 0 Å². The van der Waals surface area contributed by atoms with Crippen molar-refractivity contribution in [3.05, 3.63) is 28.2 Å². The molecule has 0 aromatic heterocycles. The van der Waals surface area contributed by atoms with Gasteiger partial charge >= 0.3 is 5.97 Å². The predicted molar refractivity (Wildman–Crippen MR) is 81.8 cm³/mol. The van der Waals surface area contributed by atoms with E-state index >= 15 is 0 Å². The van der Waals surface area contributed by atoms with E-state index in [1.54, 1.807) is 6.07 Å². The van der Waals surface area contributed by atoms with E-state index < -0.39 is 28.6 Å². The summed E-state index contributed by atoms with van der Waals surface area (Å²) in [6, 6.07) is 4.08. The van der Waals surface area contributed by atoms with Gasteiger partial charge in [-0.15, -0.1) is 0 Å². The number of benzene rings is 1. The summed E-state index contributed by atoms with van der Waals surface area (Å²) in [7, 11) is -3.86. The third kappa shape index (κ3) is 3.72. The lowest BCUT2D eigenvalue weighted by atomic mass is 10.2. The molecule has 9 heteroatoms. The first-order chi connectivity index (χ1) is 10.3. The molecule has 1 heterocycles. The van der Waals surface area contributed by atoms with Crippen LogP contribution in [0.25, 0.3) is 0 Å². The van der Waals surface area contributed by atoms with Gasteiger partial charge in [-0.1, -0.05) is 29.3 Å². The maximum atomic E-state index is 12.8. The minimum Gasteiger partial charge on any atom is -0.480 e. The molecular weight excluding hydrogens is 353 g/mol. The minimum atomic E-state index is -3.86. The van der Waals surface area contributed by atoms with Crippen LogP contribution in [0.4, 0.5) is 0 Å². The molecule has 1 aliphatic rings. The molecule has 22 heavy (non-hydrogen) atoms. The minimum absolute atomic E-state index is 0.0214. The van der Waals surface area contributed by atoms with E-state index in [9.17, 15) is 13.2 Å². The highest BCUT2D eigenvalue weighted by atomic mass is 35.5. The molecule has 0 spiro atoms. The maximum Gasteiger partial charge on any atom is 0.329 e. The van der Waals surface area contributed by atoms with E-state index in [0.29, 0.717) is 19.4 Å². The fourth-order valence-corrected chi connectivity index (χ4v) is 5.19. The predicted octanol–water partition coefficient (Wildman–Crippen LogP) is 2.25. The molecule has 1 aromatic rings. The highest BCUT2D eigenvalue weighted by Gasteiger charge is 2.37. The SMILES string of the molecule is O=C(O)COCC1CCCN1S(=O)(=O)c1c(Cl)cccc1Cl. The van der Waals surface area contributed by atoms with Crippen molar-refractivity contribution < 1.29 is 23.1 Å². The van der Waals surface area contributed by atoms with E-state index in [0.717, 1.165) is 0 Å². The van der Waals surface area contributed by atoms with Crippen LogP contribution in [0, 0.1) is 0 Å². The fraction of sp³-hybridized carbons (Fsp3) is 0.462. The van der Waals surface area contributed by atoms with Crippen LogP contribution in [-0.4, -0.2) is 49.6 Å². The summed E-state index contributed by atoms with van der Waals surface area (Å²) >= 11 is 12.0. The summed E-state index contributed by atoms with van der Waals surface area (Å²) in [5.74, 6) is -1.10. The van der Waals surface area contributed by atoms with Crippen molar-refractivity contribution in [3.8, 4) is 0 Å². The molecular formula is C13H15Cl2NO5S. The number of carboxylic acids is 1. The molecule has 1 N–H and O–H groups in total. The van der Waals surface area contributed by atoms with Crippen LogP contribution in [0.2, 0.25) is 10.0 Å². The van der Waals surface area contributed by atoms with Gasteiger partial charge < -0.3 is 9.84 Å². The van der Waals surface area contributed by atoms with E-state index in [4.69, 9.17) is 33.0 Å². The quantitative estimate of drug-likeness (QED) is 0.833. The highest BCUT2D eigenvalue weighted by molar-refractivity contribution is 7.89. The van der Waals surface area contributed by atoms with Crippen molar-refractivity contribution in [1.82, 2.24) is 4.31 Å². The van der Waals surface area contributed by atoms with Crippen molar-refractivity contribution >= 4 is 39.2 Å². The average molecular weight is 368 g/mol. The molecule has 6 nitrogen and oxygen atoms in total. The van der Waals surface area contributed by atoms with Crippen LogP contribution in [-0.2, 0) is 19.6 Å². The standard InChI is InChI=1S/C13H15Cl2NO5S/c14-10-4-1-5-11(15)13(10)22(19,20)16-6-2-3-9(16)7-21-8-12(17)18/h1,4-5,9H,2-3,6-8H2,(H,17,18). The van der Waals surface area contributed by atoms with Gasteiger partial charge in [0.25, 0.3) is 0 Å². The summed E-state index contributed by atoms with van der Waals surface area (Å²) in [5.41, 5.74) is 0. The Bertz CT molecular complexity index is 644. The Morgan fingerprint density at radius 2 is 2.00 bits per heavy atom. The van der Waals surface area contributed by atoms with Gasteiger partial charge in [0.1, 0.15) is 11.5 Å². The van der Waals surface area contributed by atoms with Gasteiger partial charge in [0.2, 0.25) is 10.0 Å². The first-order valence-corrected chi connectivity index (χ1v) is 8.79. The Kier molecular flexibility index (Phi) is 5.68. The summed E-state index contributed by atoms with van der Waals surface area (Å²) in [6.07, 6.45) is 1.27. The molecule has 0 amide bonds. The number of carboxylic acid groups (broad SMARTS) is 1. The topological polar surface area (TPSA) is 83.9 Å². The van der Waals surface area contributed by atoms with Gasteiger partial charge in [-0.05, 0) is 25.0 Å². The second kappa shape index (κ2) is 7.14. The molecule has 2 rings (SSSR count). The van der Waals surface area contributed by atoms with E-state index in [2.05, 4.69) is 0 Å². The summed E-state index contributed by atoms with van der Waals surface area (Å²) in [6.45, 7) is -0.115. The number of carbonyl (C=O) groups is 1. The van der Waals surface area contributed by atoms with Crippen molar-refractivity contribution in [2.45, 2.75) is 23.8 Å². The number of hydrogen-bond acceptors (Lipinski definition) is 4. The number of rotatable bonds is 6. The molecule has 1 aliphatic heterocycles. The second-order valence-corrected chi connectivity index (χ2v) is 7.51. The molecule has 1 fully saturated rings. The molecule has 1 atom stereocenters. The average Bonchev–Trinajstić information content (AvgIpc) is 2.87. The first-order valence-electron chi connectivity index (χ1n) is 6.59. The Hall–Kier alpha value is -0.860. The Balaban J connectivity index is 2.22. The first kappa shape index (κ1) is 17.5. The lowest BCUT2D eigenvalue weighted by molar-refractivity contribution is -0.142. The van der Waals surface area contributed by atoms with Gasteiger partial charge in [0.15, 0.2) is 0 Å². The second-order valence-electron chi connectivity index (χ2n) is 4.87. The zero-order chi connectivity index (χ0) is 16.3. The lowest BCUT2D eigenvalue weighted by Gasteiger charge is -2.24. The number of halogens is 2. The monoisotopic (exact) mass is 367 g/mol. The number of aliphatic carboxylic acids is 1. The zero-order valence-corrected chi connectivity index (χ0v) is 13.9. The molecule has 1 unspecified atom stereocenters. The molecule has 0 aliphatic carbocycles. The Morgan fingerprint density at radius 1 is 1.36 bits per heavy atom. The smallest absolute Gasteiger partial charge is 0.329 e. The third-order valence-corrected chi connectivity index (χ3v) is 6.25. The highest BCUT2D eigenvalue weighted by Crippen LogP contribution is 2.34. The number of hydrogen-bond donors (Lipinski definition) is 1. The van der Waals surface area contributed by atoms with Gasteiger partial charge in [-0.25, -0.2) is 13.2 Å². The van der Waals surface area contributed by atoms with Crippen LogP contribution >= 0.6 is 23.2 Å². The molecule has 0 radical (unpaired) electrons. The molecule has 0 saturated carbocycles. The molecule has 0 bridgehead atoms. The van der Waals surface area contributed by atoms with Crippen LogP contribution in [0.5, 0.6) is 0 Å². The van der Waals surface area contributed by atoms with E-state index in [1.165, 1.54) is 16.4 Å². The molecule has 1 saturated heterocycles. The van der Waals surface area contributed by atoms with Gasteiger partial charge in [-0.3, -0.25) is 0 Å². The normalized spacial score (nSPS) is 19.5. The van der Waals surface area contributed by atoms with Gasteiger partial charge in [-0.2, -0.15) is 4.31 Å². The van der Waals surface area contributed by atoms with Crippen LogP contribution in [0.15, 0.2) is 23.1 Å². The molecule has 1 aromatic carbocycles. The Morgan fingerprint density at radius 3 is 2.59 bits per heavy atom. The number of ether oxygens (including phenoxy) is 1. The fourth-order valence-electron chi connectivity index (χ4n) is 2.42. The summed E-state index contributed by atoms with van der Waals surface area (Å²) in [5, 5.41) is 8.69. The lowest BCUT2D eigenvalue weighted by Crippen LogP contribution is -2.38. The van der Waals surface area contributed by atoms with E-state index in [-0.39, 0.29) is 21.5 Å². The number of nitrogens with zero attached hydrogens (tertiary/aromatic N) is 1. The zero-order valence-electron chi connectivity index (χ0n) is 11.5. The van der Waals surface area contributed by atoms with E-state index in [1.807, 2.05) is 0 Å². The summed E-state index contributed by atoms with van der Waals surface area (Å²) < 4.78 is 31.8. The van der Waals surface area contributed by atoms with Crippen LogP contribution in [0.3, 0.4) is 0 Å². The van der Waals surface area contributed by atoms with Crippen molar-refractivity contribution in [2.24, 2.45) is 0 Å². The van der Waals surface area contributed by atoms with Crippen molar-refractivity contribution in [3.63, 3.8) is 0 Å². The number of sulfonamides is 1. The Labute approximate surface area is 138 Å². The summed E-state index contributed by atoms with van der Waals surface area (Å²) in [4.78, 5) is 10.3. The van der Waals surface area contributed by atoms with Crippen LogP contribution < -0.4 is 0 Å². The maximum absolute atomic E-state index is 12.8. The van der Waals surface area contributed by atoms with Gasteiger partial charge in [0, 0.05) is 12.6 Å². The van der Waals surface area contributed by atoms with Crippen LogP contribution in [0.1, 0.15) is 12.8 Å². The van der Waals surface area contributed by atoms with Gasteiger partial charge in [0.05, 0.1) is 16.7 Å². The van der Waals surface area contributed by atoms with Crippen molar-refractivity contribution in [2.75, 3.05) is 19.8 Å². The largest absolute Gasteiger partial charge is 0.480 e. The third-order valence-electron chi connectivity index (χ3n) is 3.34. The molecule has 122 valence electrons.